The van der Waals surface area contributed by atoms with Gasteiger partial charge in [-0.3, -0.25) is 4.79 Å². The maximum atomic E-state index is 12.9. The fourth-order valence-electron chi connectivity index (χ4n) is 3.16. The molecule has 7 heteroatoms. The van der Waals surface area contributed by atoms with Gasteiger partial charge >= 0.3 is 0 Å². The minimum atomic E-state index is -0.331. The normalized spacial score (nSPS) is 20.8. The summed E-state index contributed by atoms with van der Waals surface area (Å²) in [6.45, 7) is 9.63. The van der Waals surface area contributed by atoms with Crippen molar-refractivity contribution in [2.75, 3.05) is 11.9 Å². The molecule has 1 aliphatic heterocycles. The van der Waals surface area contributed by atoms with Crippen molar-refractivity contribution in [3.05, 3.63) is 36.3 Å². The molecule has 0 unspecified atom stereocenters. The number of imidazole rings is 1. The predicted molar refractivity (Wildman–Crippen MR) is 98.7 cm³/mol. The van der Waals surface area contributed by atoms with E-state index in [1.807, 2.05) is 31.5 Å². The number of anilines is 1. The van der Waals surface area contributed by atoms with E-state index in [1.165, 1.54) is 0 Å². The molecule has 0 bridgehead atoms. The Morgan fingerprint density at radius 1 is 1.35 bits per heavy atom. The van der Waals surface area contributed by atoms with Gasteiger partial charge in [0, 0.05) is 37.2 Å². The molecule has 1 saturated heterocycles. The summed E-state index contributed by atoms with van der Waals surface area (Å²) in [6, 6.07) is 1.72. The molecule has 0 saturated carbocycles. The predicted octanol–water partition coefficient (Wildman–Crippen LogP) is 3.10. The highest BCUT2D eigenvalue weighted by Gasteiger charge is 2.36. The van der Waals surface area contributed by atoms with Crippen LogP contribution in [0.5, 0.6) is 0 Å². The number of aryl methyl sites for hydroxylation is 1. The maximum absolute atomic E-state index is 12.9. The van der Waals surface area contributed by atoms with Crippen molar-refractivity contribution in [1.82, 2.24) is 19.5 Å². The largest absolute Gasteiger partial charge is 0.369 e. The molecule has 26 heavy (non-hydrogen) atoms. The Hall–Kier alpha value is -2.28. The molecule has 0 radical (unpaired) electrons. The van der Waals surface area contributed by atoms with E-state index in [-0.39, 0.29) is 23.3 Å². The number of hydrogen-bond donors (Lipinski definition) is 1. The Balaban J connectivity index is 1.79. The number of carbonyl (C=O) groups is 1. The second-order valence-corrected chi connectivity index (χ2v) is 7.62. The first-order valence-corrected chi connectivity index (χ1v) is 9.17. The van der Waals surface area contributed by atoms with Crippen LogP contribution in [0.4, 0.5) is 5.82 Å². The minimum absolute atomic E-state index is 0.0843. The molecule has 3 rings (SSSR count). The summed E-state index contributed by atoms with van der Waals surface area (Å²) in [4.78, 5) is 26.2. The summed E-state index contributed by atoms with van der Waals surface area (Å²) in [7, 11) is 0. The lowest BCUT2D eigenvalue weighted by molar-refractivity contribution is -0.130. The molecular formula is C19H27N5O2. The van der Waals surface area contributed by atoms with Crippen LogP contribution in [0, 0.1) is 5.92 Å². The third-order valence-corrected chi connectivity index (χ3v) is 4.58. The summed E-state index contributed by atoms with van der Waals surface area (Å²) in [5.74, 6) is 1.67. The van der Waals surface area contributed by atoms with Crippen LogP contribution in [0.1, 0.15) is 58.3 Å². The molecule has 0 spiro atoms. The van der Waals surface area contributed by atoms with Crippen molar-refractivity contribution in [2.45, 2.75) is 58.6 Å². The van der Waals surface area contributed by atoms with Gasteiger partial charge in [-0.1, -0.05) is 20.8 Å². The molecule has 1 aliphatic rings. The van der Waals surface area contributed by atoms with Gasteiger partial charge in [-0.25, -0.2) is 15.0 Å². The van der Waals surface area contributed by atoms with Crippen LogP contribution in [0.3, 0.4) is 0 Å². The number of aromatic nitrogens is 4. The van der Waals surface area contributed by atoms with Gasteiger partial charge in [0.25, 0.3) is 0 Å². The van der Waals surface area contributed by atoms with Gasteiger partial charge in [0.05, 0.1) is 5.92 Å². The number of rotatable bonds is 4. The fraction of sp³-hybridized carbons (Fsp3) is 0.579. The monoisotopic (exact) mass is 357 g/mol. The number of nitrogens with one attached hydrogen (secondary N) is 1. The molecule has 0 aliphatic carbocycles. The Morgan fingerprint density at radius 2 is 2.15 bits per heavy atom. The first-order valence-electron chi connectivity index (χ1n) is 9.17. The van der Waals surface area contributed by atoms with Crippen molar-refractivity contribution in [1.29, 1.82) is 0 Å². The Kier molecular flexibility index (Phi) is 5.36. The molecule has 1 amide bonds. The van der Waals surface area contributed by atoms with Gasteiger partial charge in [0.1, 0.15) is 23.6 Å². The van der Waals surface area contributed by atoms with Crippen LogP contribution in [-0.2, 0) is 21.5 Å². The highest BCUT2D eigenvalue weighted by molar-refractivity contribution is 5.92. The summed E-state index contributed by atoms with van der Waals surface area (Å²) in [5.41, 5.74) is -0.177. The van der Waals surface area contributed by atoms with Gasteiger partial charge in [-0.15, -0.1) is 0 Å². The number of carbonyl (C=O) groups excluding carboxylic acids is 1. The van der Waals surface area contributed by atoms with Gasteiger partial charge in [0.2, 0.25) is 5.91 Å². The second kappa shape index (κ2) is 7.53. The Morgan fingerprint density at radius 3 is 2.88 bits per heavy atom. The topological polar surface area (TPSA) is 81.9 Å². The van der Waals surface area contributed by atoms with Crippen LogP contribution in [0.2, 0.25) is 0 Å². The molecule has 140 valence electrons. The number of nitrogens with zero attached hydrogens (tertiary/aromatic N) is 4. The lowest BCUT2D eigenvalue weighted by atomic mass is 9.92. The third-order valence-electron chi connectivity index (χ3n) is 4.58. The van der Waals surface area contributed by atoms with E-state index in [0.717, 1.165) is 25.2 Å². The number of ether oxygens (including phenoxy) is 1. The molecular weight excluding hydrogens is 330 g/mol. The van der Waals surface area contributed by atoms with Crippen molar-refractivity contribution in [3.8, 4) is 0 Å². The quantitative estimate of drug-likeness (QED) is 0.909. The molecule has 2 aromatic heterocycles. The first kappa shape index (κ1) is 18.5. The smallest absolute Gasteiger partial charge is 0.231 e. The summed E-state index contributed by atoms with van der Waals surface area (Å²) in [5, 5.41) is 2.95. The Bertz CT molecular complexity index is 765. The number of amides is 1. The molecule has 2 aromatic rings. The van der Waals surface area contributed by atoms with Crippen molar-refractivity contribution < 1.29 is 9.53 Å². The van der Waals surface area contributed by atoms with Crippen LogP contribution in [0.25, 0.3) is 0 Å². The molecule has 0 aromatic carbocycles. The first-order chi connectivity index (χ1) is 12.4. The van der Waals surface area contributed by atoms with Crippen LogP contribution >= 0.6 is 0 Å². The van der Waals surface area contributed by atoms with Gasteiger partial charge in [-0.2, -0.15) is 0 Å². The Labute approximate surface area is 154 Å². The lowest BCUT2D eigenvalue weighted by Gasteiger charge is -2.30. The summed E-state index contributed by atoms with van der Waals surface area (Å²) in [6.07, 6.45) is 6.65. The van der Waals surface area contributed by atoms with E-state index < -0.39 is 0 Å². The van der Waals surface area contributed by atoms with Crippen molar-refractivity contribution in [2.24, 2.45) is 5.92 Å². The highest BCUT2D eigenvalue weighted by atomic mass is 16.5. The average Bonchev–Trinajstić information content (AvgIpc) is 3.10. The van der Waals surface area contributed by atoms with Crippen molar-refractivity contribution in [3.63, 3.8) is 0 Å². The van der Waals surface area contributed by atoms with Crippen molar-refractivity contribution >= 4 is 11.7 Å². The van der Waals surface area contributed by atoms with E-state index in [1.54, 1.807) is 18.5 Å². The standard InChI is InChI=1S/C19H27N5O2/c1-5-24-11-10-20-16(24)15-13(7-6-12-26-15)17(25)22-14-8-9-21-18(23-14)19(2,3)4/h8-11,13,15H,5-7,12H2,1-4H3,(H,21,22,23,25)/t13-,15-/m1/s1. The SMILES string of the molecule is CCn1ccnc1[C@@H]1OCCC[C@H]1C(=O)Nc1ccnc(C(C)(C)C)n1. The molecule has 1 fully saturated rings. The number of hydrogen-bond acceptors (Lipinski definition) is 5. The zero-order valence-electron chi connectivity index (χ0n) is 15.9. The molecule has 2 atom stereocenters. The average molecular weight is 357 g/mol. The molecule has 3 heterocycles. The minimum Gasteiger partial charge on any atom is -0.369 e. The highest BCUT2D eigenvalue weighted by Crippen LogP contribution is 2.33. The van der Waals surface area contributed by atoms with Gasteiger partial charge < -0.3 is 14.6 Å². The second-order valence-electron chi connectivity index (χ2n) is 7.62. The van der Waals surface area contributed by atoms with Crippen LogP contribution in [-0.4, -0.2) is 32.0 Å². The van der Waals surface area contributed by atoms with Crippen LogP contribution < -0.4 is 5.32 Å². The summed E-state index contributed by atoms with van der Waals surface area (Å²) >= 11 is 0. The van der Waals surface area contributed by atoms with E-state index >= 15 is 0 Å². The summed E-state index contributed by atoms with van der Waals surface area (Å²) < 4.78 is 7.96. The lowest BCUT2D eigenvalue weighted by Crippen LogP contribution is -2.35. The molecule has 1 N–H and O–H groups in total. The fourth-order valence-corrected chi connectivity index (χ4v) is 3.16. The van der Waals surface area contributed by atoms with E-state index in [9.17, 15) is 4.79 Å². The van der Waals surface area contributed by atoms with Gasteiger partial charge in [0.15, 0.2) is 0 Å². The van der Waals surface area contributed by atoms with E-state index in [2.05, 4.69) is 27.2 Å². The van der Waals surface area contributed by atoms with E-state index in [4.69, 9.17) is 4.74 Å². The zero-order valence-corrected chi connectivity index (χ0v) is 15.9. The van der Waals surface area contributed by atoms with Crippen LogP contribution in [0.15, 0.2) is 24.7 Å². The third kappa shape index (κ3) is 3.93. The zero-order chi connectivity index (χ0) is 18.7. The van der Waals surface area contributed by atoms with E-state index in [0.29, 0.717) is 18.2 Å². The molecule has 7 nitrogen and oxygen atoms in total. The maximum Gasteiger partial charge on any atom is 0.231 e. The van der Waals surface area contributed by atoms with Gasteiger partial charge in [-0.05, 0) is 25.8 Å².